The Labute approximate surface area is 209 Å². The predicted molar refractivity (Wildman–Crippen MR) is 135 cm³/mol. The minimum Gasteiger partial charge on any atom is -0.493 e. The van der Waals surface area contributed by atoms with E-state index < -0.39 is 28.5 Å². The van der Waals surface area contributed by atoms with Crippen LogP contribution in [-0.2, 0) is 26.2 Å². The van der Waals surface area contributed by atoms with E-state index in [1.165, 1.54) is 31.3 Å². The topological polar surface area (TPSA) is 105 Å². The molecule has 0 heterocycles. The zero-order valence-electron chi connectivity index (χ0n) is 19.9. The molecule has 2 rings (SSSR count). The predicted octanol–water partition coefficient (Wildman–Crippen LogP) is 2.79. The molecule has 1 atom stereocenters. The average molecular weight is 556 g/mol. The number of ether oxygens (including phenoxy) is 2. The van der Waals surface area contributed by atoms with Gasteiger partial charge in [-0.15, -0.1) is 0 Å². The fourth-order valence-electron chi connectivity index (χ4n) is 3.28. The summed E-state index contributed by atoms with van der Waals surface area (Å²) in [6.45, 7) is 3.45. The van der Waals surface area contributed by atoms with Crippen LogP contribution in [-0.4, -0.2) is 64.7 Å². The molecule has 2 amide bonds. The molecule has 0 radical (unpaired) electrons. The standard InChI is InChI=1S/C23H30BrN3O6S/c1-6-25-23(29)16(2)26(14-17-7-9-18(24)10-8-17)22(28)15-27(34(5,30)31)19-11-12-20(32-3)21(13-19)33-4/h7-13,16H,6,14-15H2,1-5H3,(H,25,29)/t16-/m1/s1. The lowest BCUT2D eigenvalue weighted by Crippen LogP contribution is -2.51. The summed E-state index contributed by atoms with van der Waals surface area (Å²) in [5.41, 5.74) is 1.03. The van der Waals surface area contributed by atoms with Crippen LogP contribution in [0.2, 0.25) is 0 Å². The maximum atomic E-state index is 13.4. The van der Waals surface area contributed by atoms with Gasteiger partial charge in [0.25, 0.3) is 0 Å². The number of hydrogen-bond acceptors (Lipinski definition) is 6. The molecule has 0 spiro atoms. The van der Waals surface area contributed by atoms with Gasteiger partial charge in [0.15, 0.2) is 11.5 Å². The van der Waals surface area contributed by atoms with Crippen molar-refractivity contribution in [1.82, 2.24) is 10.2 Å². The number of benzene rings is 2. The van der Waals surface area contributed by atoms with Crippen molar-refractivity contribution in [3.8, 4) is 11.5 Å². The van der Waals surface area contributed by atoms with Crippen molar-refractivity contribution >= 4 is 43.5 Å². The number of methoxy groups -OCH3 is 2. The summed E-state index contributed by atoms with van der Waals surface area (Å²) in [7, 11) is -0.937. The van der Waals surface area contributed by atoms with Gasteiger partial charge in [-0.2, -0.15) is 0 Å². The molecule has 0 unspecified atom stereocenters. The molecule has 11 heteroatoms. The molecule has 2 aromatic carbocycles. The first-order valence-electron chi connectivity index (χ1n) is 10.5. The Balaban J connectivity index is 2.42. The van der Waals surface area contributed by atoms with E-state index in [9.17, 15) is 18.0 Å². The quantitative estimate of drug-likeness (QED) is 0.457. The largest absolute Gasteiger partial charge is 0.493 e. The summed E-state index contributed by atoms with van der Waals surface area (Å²) in [6.07, 6.45) is 1.02. The van der Waals surface area contributed by atoms with Crippen molar-refractivity contribution in [3.63, 3.8) is 0 Å². The van der Waals surface area contributed by atoms with Gasteiger partial charge >= 0.3 is 0 Å². The number of nitrogens with zero attached hydrogens (tertiary/aromatic N) is 2. The minimum absolute atomic E-state index is 0.133. The van der Waals surface area contributed by atoms with Crippen LogP contribution in [0.4, 0.5) is 5.69 Å². The molecule has 186 valence electrons. The van der Waals surface area contributed by atoms with Gasteiger partial charge in [-0.05, 0) is 43.7 Å². The summed E-state index contributed by atoms with van der Waals surface area (Å²) in [4.78, 5) is 27.4. The number of amides is 2. The number of sulfonamides is 1. The molecule has 0 aliphatic carbocycles. The Hall–Kier alpha value is -2.79. The normalized spacial score (nSPS) is 11.9. The molecule has 0 saturated heterocycles. The van der Waals surface area contributed by atoms with E-state index in [-0.39, 0.29) is 18.1 Å². The monoisotopic (exact) mass is 555 g/mol. The van der Waals surface area contributed by atoms with E-state index in [4.69, 9.17) is 9.47 Å². The lowest BCUT2D eigenvalue weighted by atomic mass is 10.1. The van der Waals surface area contributed by atoms with E-state index in [2.05, 4.69) is 21.2 Å². The van der Waals surface area contributed by atoms with Gasteiger partial charge in [-0.1, -0.05) is 28.1 Å². The van der Waals surface area contributed by atoms with Gasteiger partial charge < -0.3 is 19.7 Å². The molecule has 0 fully saturated rings. The Bertz CT molecular complexity index is 1110. The van der Waals surface area contributed by atoms with Gasteiger partial charge in [-0.3, -0.25) is 13.9 Å². The fourth-order valence-corrected chi connectivity index (χ4v) is 4.39. The molecule has 1 N–H and O–H groups in total. The smallest absolute Gasteiger partial charge is 0.244 e. The number of likely N-dealkylation sites (N-methyl/N-ethyl adjacent to an activating group) is 1. The van der Waals surface area contributed by atoms with E-state index in [0.29, 0.717) is 18.0 Å². The number of carbonyl (C=O) groups is 2. The first-order chi connectivity index (χ1) is 16.0. The Morgan fingerprint density at radius 1 is 1.06 bits per heavy atom. The highest BCUT2D eigenvalue weighted by molar-refractivity contribution is 9.10. The van der Waals surface area contributed by atoms with Gasteiger partial charge in [0.1, 0.15) is 12.6 Å². The van der Waals surface area contributed by atoms with Gasteiger partial charge in [-0.25, -0.2) is 8.42 Å². The zero-order valence-corrected chi connectivity index (χ0v) is 22.3. The van der Waals surface area contributed by atoms with Crippen LogP contribution in [0.25, 0.3) is 0 Å². The molecule has 0 saturated carbocycles. The maximum absolute atomic E-state index is 13.4. The number of carbonyl (C=O) groups excluding carboxylic acids is 2. The number of nitrogens with one attached hydrogen (secondary N) is 1. The summed E-state index contributed by atoms with van der Waals surface area (Å²) >= 11 is 3.38. The molecule has 0 aliphatic rings. The lowest BCUT2D eigenvalue weighted by molar-refractivity contribution is -0.139. The summed E-state index contributed by atoms with van der Waals surface area (Å²) in [5, 5.41) is 2.72. The van der Waals surface area contributed by atoms with Crippen molar-refractivity contribution < 1.29 is 27.5 Å². The van der Waals surface area contributed by atoms with Crippen LogP contribution in [0.1, 0.15) is 19.4 Å². The van der Waals surface area contributed by atoms with E-state index in [0.717, 1.165) is 20.6 Å². The third-order valence-electron chi connectivity index (χ3n) is 5.12. The Kier molecular flexibility index (Phi) is 9.75. The van der Waals surface area contributed by atoms with Crippen LogP contribution in [0.15, 0.2) is 46.9 Å². The molecule has 9 nitrogen and oxygen atoms in total. The highest BCUT2D eigenvalue weighted by atomic mass is 79.9. The second-order valence-corrected chi connectivity index (χ2v) is 10.4. The summed E-state index contributed by atoms with van der Waals surface area (Å²) in [5.74, 6) is -0.108. The Morgan fingerprint density at radius 2 is 1.68 bits per heavy atom. The minimum atomic E-state index is -3.84. The SMILES string of the molecule is CCNC(=O)[C@@H](C)N(Cc1ccc(Br)cc1)C(=O)CN(c1ccc(OC)c(OC)c1)S(C)(=O)=O. The number of hydrogen-bond donors (Lipinski definition) is 1. The van der Waals surface area contributed by atoms with Crippen molar-refractivity contribution in [2.75, 3.05) is 37.9 Å². The molecule has 2 aromatic rings. The van der Waals surface area contributed by atoms with Crippen LogP contribution in [0, 0.1) is 0 Å². The van der Waals surface area contributed by atoms with Crippen molar-refractivity contribution in [1.29, 1.82) is 0 Å². The third-order valence-corrected chi connectivity index (χ3v) is 6.79. The molecule has 34 heavy (non-hydrogen) atoms. The van der Waals surface area contributed by atoms with Gasteiger partial charge in [0, 0.05) is 23.6 Å². The number of halogens is 1. The maximum Gasteiger partial charge on any atom is 0.244 e. The van der Waals surface area contributed by atoms with Gasteiger partial charge in [0.2, 0.25) is 21.8 Å². The first kappa shape index (κ1) is 27.5. The van der Waals surface area contributed by atoms with E-state index in [1.807, 2.05) is 24.3 Å². The molecule has 0 aliphatic heterocycles. The number of rotatable bonds is 11. The Morgan fingerprint density at radius 3 is 2.21 bits per heavy atom. The van der Waals surface area contributed by atoms with Crippen LogP contribution < -0.4 is 19.1 Å². The van der Waals surface area contributed by atoms with Crippen molar-refractivity contribution in [3.05, 3.63) is 52.5 Å². The van der Waals surface area contributed by atoms with Crippen LogP contribution in [0.3, 0.4) is 0 Å². The van der Waals surface area contributed by atoms with Crippen molar-refractivity contribution in [2.24, 2.45) is 0 Å². The van der Waals surface area contributed by atoms with E-state index in [1.54, 1.807) is 19.9 Å². The number of anilines is 1. The van der Waals surface area contributed by atoms with E-state index >= 15 is 0 Å². The third kappa shape index (κ3) is 7.10. The van der Waals surface area contributed by atoms with Crippen LogP contribution >= 0.6 is 15.9 Å². The van der Waals surface area contributed by atoms with Crippen molar-refractivity contribution in [2.45, 2.75) is 26.4 Å². The van der Waals surface area contributed by atoms with Gasteiger partial charge in [0.05, 0.1) is 26.2 Å². The fraction of sp³-hybridized carbons (Fsp3) is 0.391. The average Bonchev–Trinajstić information content (AvgIpc) is 2.80. The summed E-state index contributed by atoms with van der Waals surface area (Å²) < 4.78 is 37.6. The van der Waals surface area contributed by atoms with Crippen LogP contribution in [0.5, 0.6) is 11.5 Å². The molecular formula is C23H30BrN3O6S. The zero-order chi connectivity index (χ0) is 25.5. The molecule has 0 aromatic heterocycles. The first-order valence-corrected chi connectivity index (χ1v) is 13.2. The second kappa shape index (κ2) is 12.1. The lowest BCUT2D eigenvalue weighted by Gasteiger charge is -2.31. The molecular weight excluding hydrogens is 526 g/mol. The molecule has 0 bridgehead atoms. The highest BCUT2D eigenvalue weighted by Gasteiger charge is 2.30. The highest BCUT2D eigenvalue weighted by Crippen LogP contribution is 2.32. The second-order valence-electron chi connectivity index (χ2n) is 7.53. The summed E-state index contributed by atoms with van der Waals surface area (Å²) in [6, 6.07) is 11.1.